The van der Waals surface area contributed by atoms with Crippen LogP contribution in [0.5, 0.6) is 0 Å². The van der Waals surface area contributed by atoms with Crippen LogP contribution in [0.2, 0.25) is 0 Å². The van der Waals surface area contributed by atoms with E-state index in [1.807, 2.05) is 6.07 Å². The topological polar surface area (TPSA) is 62.5 Å². The second-order valence-corrected chi connectivity index (χ2v) is 6.65. The molecule has 0 aliphatic carbocycles. The van der Waals surface area contributed by atoms with Crippen LogP contribution in [-0.2, 0) is 13.0 Å². The Bertz CT molecular complexity index is 819. The number of guanidine groups is 1. The van der Waals surface area contributed by atoms with E-state index in [1.165, 1.54) is 11.1 Å². The van der Waals surface area contributed by atoms with Gasteiger partial charge in [0.2, 0.25) is 0 Å². The minimum absolute atomic E-state index is 0.342. The van der Waals surface area contributed by atoms with Gasteiger partial charge in [0.1, 0.15) is 0 Å². The minimum atomic E-state index is 0.342. The standard InChI is InChI=1S/C23H28N4O/c1-3-20-16-21(28-27-20)17-26-23(24-2)25-15-14-22(18-10-6-4-7-11-18)19-12-8-5-9-13-19/h4-13,16,22H,3,14-15,17H2,1-2H3,(H2,24,25,26). The molecule has 1 aromatic heterocycles. The van der Waals surface area contributed by atoms with Crippen molar-refractivity contribution in [2.75, 3.05) is 13.6 Å². The van der Waals surface area contributed by atoms with Crippen LogP contribution in [0.4, 0.5) is 0 Å². The third-order valence-electron chi connectivity index (χ3n) is 4.75. The number of aromatic nitrogens is 1. The van der Waals surface area contributed by atoms with Gasteiger partial charge in [0.15, 0.2) is 11.7 Å². The van der Waals surface area contributed by atoms with Crippen molar-refractivity contribution in [3.05, 3.63) is 89.3 Å². The summed E-state index contributed by atoms with van der Waals surface area (Å²) >= 11 is 0. The average Bonchev–Trinajstić information content (AvgIpc) is 3.23. The van der Waals surface area contributed by atoms with Crippen molar-refractivity contribution in [1.82, 2.24) is 15.8 Å². The van der Waals surface area contributed by atoms with Crippen LogP contribution in [-0.4, -0.2) is 24.7 Å². The van der Waals surface area contributed by atoms with Crippen molar-refractivity contribution in [2.24, 2.45) is 4.99 Å². The lowest BCUT2D eigenvalue weighted by atomic mass is 9.88. The molecule has 5 nitrogen and oxygen atoms in total. The van der Waals surface area contributed by atoms with E-state index in [0.29, 0.717) is 12.5 Å². The van der Waals surface area contributed by atoms with Gasteiger partial charge in [-0.25, -0.2) is 0 Å². The van der Waals surface area contributed by atoms with Crippen LogP contribution in [0.25, 0.3) is 0 Å². The van der Waals surface area contributed by atoms with Gasteiger partial charge in [-0.3, -0.25) is 4.99 Å². The number of aliphatic imine (C=N–C) groups is 1. The molecule has 0 bridgehead atoms. The SMILES string of the molecule is CCc1cc(CNC(=NC)NCCC(c2ccccc2)c2ccccc2)on1. The first-order valence-electron chi connectivity index (χ1n) is 9.79. The Morgan fingerprint density at radius 3 is 2.18 bits per heavy atom. The van der Waals surface area contributed by atoms with Gasteiger partial charge in [-0.15, -0.1) is 0 Å². The molecule has 0 atom stereocenters. The highest BCUT2D eigenvalue weighted by Gasteiger charge is 2.14. The van der Waals surface area contributed by atoms with E-state index < -0.39 is 0 Å². The molecular formula is C23H28N4O. The maximum atomic E-state index is 5.31. The van der Waals surface area contributed by atoms with E-state index >= 15 is 0 Å². The second kappa shape index (κ2) is 10.3. The summed E-state index contributed by atoms with van der Waals surface area (Å²) in [7, 11) is 1.78. The van der Waals surface area contributed by atoms with E-state index in [0.717, 1.165) is 36.8 Å². The maximum absolute atomic E-state index is 5.31. The van der Waals surface area contributed by atoms with E-state index in [4.69, 9.17) is 4.52 Å². The van der Waals surface area contributed by atoms with Gasteiger partial charge in [0.05, 0.1) is 12.2 Å². The molecule has 3 rings (SSSR count). The average molecular weight is 377 g/mol. The normalized spacial score (nSPS) is 11.6. The maximum Gasteiger partial charge on any atom is 0.191 e. The minimum Gasteiger partial charge on any atom is -0.359 e. The van der Waals surface area contributed by atoms with E-state index in [-0.39, 0.29) is 0 Å². The Morgan fingerprint density at radius 1 is 1.00 bits per heavy atom. The summed E-state index contributed by atoms with van der Waals surface area (Å²) in [5.74, 6) is 1.91. The molecule has 0 radical (unpaired) electrons. The molecule has 0 amide bonds. The summed E-state index contributed by atoms with van der Waals surface area (Å²) in [6, 6.07) is 23.3. The fourth-order valence-electron chi connectivity index (χ4n) is 3.23. The summed E-state index contributed by atoms with van der Waals surface area (Å²) in [5, 5.41) is 10.7. The Kier molecular flexibility index (Phi) is 7.24. The zero-order valence-electron chi connectivity index (χ0n) is 16.6. The zero-order valence-corrected chi connectivity index (χ0v) is 16.6. The lowest BCUT2D eigenvalue weighted by Crippen LogP contribution is -2.37. The number of benzene rings is 2. The third kappa shape index (κ3) is 5.46. The number of aryl methyl sites for hydroxylation is 1. The molecule has 0 saturated heterocycles. The van der Waals surface area contributed by atoms with E-state index in [9.17, 15) is 0 Å². The van der Waals surface area contributed by atoms with E-state index in [1.54, 1.807) is 7.05 Å². The van der Waals surface area contributed by atoms with Crippen molar-refractivity contribution < 1.29 is 4.52 Å². The summed E-state index contributed by atoms with van der Waals surface area (Å²) in [6.45, 7) is 3.43. The molecule has 2 N–H and O–H groups in total. The molecule has 28 heavy (non-hydrogen) atoms. The smallest absolute Gasteiger partial charge is 0.191 e. The van der Waals surface area contributed by atoms with Crippen LogP contribution in [0.15, 0.2) is 76.2 Å². The number of nitrogens with one attached hydrogen (secondary N) is 2. The molecule has 1 heterocycles. The highest BCUT2D eigenvalue weighted by atomic mass is 16.5. The predicted molar refractivity (Wildman–Crippen MR) is 113 cm³/mol. The Hall–Kier alpha value is -3.08. The molecule has 146 valence electrons. The van der Waals surface area contributed by atoms with Gasteiger partial charge in [-0.2, -0.15) is 0 Å². The third-order valence-corrected chi connectivity index (χ3v) is 4.75. The second-order valence-electron chi connectivity index (χ2n) is 6.65. The van der Waals surface area contributed by atoms with Crippen LogP contribution in [0.3, 0.4) is 0 Å². The Morgan fingerprint density at radius 2 is 1.64 bits per heavy atom. The molecule has 0 aliphatic heterocycles. The number of hydrogen-bond acceptors (Lipinski definition) is 3. The van der Waals surface area contributed by atoms with Gasteiger partial charge in [-0.05, 0) is 24.0 Å². The largest absolute Gasteiger partial charge is 0.359 e. The lowest BCUT2D eigenvalue weighted by molar-refractivity contribution is 0.374. The quantitative estimate of drug-likeness (QED) is 0.458. The van der Waals surface area contributed by atoms with Crippen LogP contribution < -0.4 is 10.6 Å². The first kappa shape index (κ1) is 19.7. The molecule has 5 heteroatoms. The Labute approximate surface area is 166 Å². The molecule has 0 saturated carbocycles. The van der Waals surface area contributed by atoms with Crippen molar-refractivity contribution in [2.45, 2.75) is 32.2 Å². The molecule has 0 spiro atoms. The van der Waals surface area contributed by atoms with Crippen LogP contribution in [0.1, 0.15) is 41.8 Å². The van der Waals surface area contributed by atoms with Crippen molar-refractivity contribution >= 4 is 5.96 Å². The van der Waals surface area contributed by atoms with Crippen molar-refractivity contribution in [3.8, 4) is 0 Å². The van der Waals surface area contributed by atoms with Gasteiger partial charge < -0.3 is 15.2 Å². The fourth-order valence-corrected chi connectivity index (χ4v) is 3.23. The number of hydrogen-bond donors (Lipinski definition) is 2. The van der Waals surface area contributed by atoms with Crippen LogP contribution >= 0.6 is 0 Å². The highest BCUT2D eigenvalue weighted by molar-refractivity contribution is 5.79. The van der Waals surface area contributed by atoms with Gasteiger partial charge in [0.25, 0.3) is 0 Å². The zero-order chi connectivity index (χ0) is 19.6. The van der Waals surface area contributed by atoms with Gasteiger partial charge in [0, 0.05) is 25.6 Å². The van der Waals surface area contributed by atoms with Gasteiger partial charge in [-0.1, -0.05) is 72.7 Å². The monoisotopic (exact) mass is 376 g/mol. The first-order valence-corrected chi connectivity index (χ1v) is 9.79. The number of nitrogens with zero attached hydrogens (tertiary/aromatic N) is 2. The summed E-state index contributed by atoms with van der Waals surface area (Å²) in [4.78, 5) is 4.30. The summed E-state index contributed by atoms with van der Waals surface area (Å²) in [5.41, 5.74) is 3.62. The van der Waals surface area contributed by atoms with Crippen molar-refractivity contribution in [3.63, 3.8) is 0 Å². The molecule has 3 aromatic rings. The highest BCUT2D eigenvalue weighted by Crippen LogP contribution is 2.27. The van der Waals surface area contributed by atoms with E-state index in [2.05, 4.69) is 88.4 Å². The molecule has 0 fully saturated rings. The van der Waals surface area contributed by atoms with Crippen molar-refractivity contribution in [1.29, 1.82) is 0 Å². The molecule has 0 aliphatic rings. The summed E-state index contributed by atoms with van der Waals surface area (Å²) in [6.07, 6.45) is 1.84. The molecular weight excluding hydrogens is 348 g/mol. The van der Waals surface area contributed by atoms with Gasteiger partial charge >= 0.3 is 0 Å². The number of rotatable bonds is 8. The first-order chi connectivity index (χ1) is 13.8. The Balaban J connectivity index is 1.56. The lowest BCUT2D eigenvalue weighted by Gasteiger charge is -2.19. The summed E-state index contributed by atoms with van der Waals surface area (Å²) < 4.78 is 5.31. The molecule has 0 unspecified atom stereocenters. The van der Waals surface area contributed by atoms with Crippen LogP contribution in [0, 0.1) is 0 Å². The predicted octanol–water partition coefficient (Wildman–Crippen LogP) is 4.12. The molecule has 2 aromatic carbocycles. The fraction of sp³-hybridized carbons (Fsp3) is 0.304.